The maximum absolute atomic E-state index is 12.0. The summed E-state index contributed by atoms with van der Waals surface area (Å²) in [5.74, 6) is -0.725. The van der Waals surface area contributed by atoms with Crippen molar-refractivity contribution < 1.29 is 19.1 Å². The first-order chi connectivity index (χ1) is 12.0. The van der Waals surface area contributed by atoms with Gasteiger partial charge in [-0.15, -0.1) is 0 Å². The number of nitrogens with one attached hydrogen (secondary N) is 1. The summed E-state index contributed by atoms with van der Waals surface area (Å²) in [4.78, 5) is 35.3. The van der Waals surface area contributed by atoms with E-state index in [2.05, 4.69) is 10.4 Å². The van der Waals surface area contributed by atoms with E-state index in [9.17, 15) is 14.4 Å². The van der Waals surface area contributed by atoms with Gasteiger partial charge in [0.1, 0.15) is 6.54 Å². The molecule has 0 unspecified atom stereocenters. The number of nitrogens with two attached hydrogens (primary N) is 1. The molecule has 0 spiro atoms. The summed E-state index contributed by atoms with van der Waals surface area (Å²) < 4.78 is 6.29. The van der Waals surface area contributed by atoms with Crippen molar-refractivity contribution in [3.8, 4) is 0 Å². The van der Waals surface area contributed by atoms with Gasteiger partial charge < -0.3 is 15.8 Å². The van der Waals surface area contributed by atoms with Crippen molar-refractivity contribution in [2.75, 3.05) is 11.9 Å². The number of nitrogens with zero attached hydrogens (tertiary/aromatic N) is 2. The Hall–Kier alpha value is -2.90. The molecule has 3 N–H and O–H groups in total. The predicted molar refractivity (Wildman–Crippen MR) is 90.9 cm³/mol. The number of rotatable bonds is 7. The molecule has 1 heterocycles. The third-order valence-electron chi connectivity index (χ3n) is 4.02. The molecule has 1 aromatic heterocycles. The molecule has 1 aliphatic rings. The summed E-state index contributed by atoms with van der Waals surface area (Å²) in [7, 11) is 0. The van der Waals surface area contributed by atoms with Crippen LogP contribution < -0.4 is 11.1 Å². The Kier molecular flexibility index (Phi) is 4.69. The van der Waals surface area contributed by atoms with Gasteiger partial charge in [0.15, 0.2) is 5.69 Å². The third-order valence-corrected chi connectivity index (χ3v) is 4.02. The molecule has 8 nitrogen and oxygen atoms in total. The summed E-state index contributed by atoms with van der Waals surface area (Å²) in [5, 5.41) is 7.43. The highest BCUT2D eigenvalue weighted by molar-refractivity contribution is 6.06. The fourth-order valence-electron chi connectivity index (χ4n) is 2.68. The minimum Gasteiger partial charge on any atom is -0.465 e. The zero-order valence-corrected chi connectivity index (χ0v) is 13.9. The number of aromatic nitrogens is 2. The number of amides is 2. The second-order valence-electron chi connectivity index (χ2n) is 6.10. The first-order valence-electron chi connectivity index (χ1n) is 8.23. The number of hydrogen-bond acceptors (Lipinski definition) is 5. The van der Waals surface area contributed by atoms with E-state index in [1.807, 2.05) is 0 Å². The molecule has 0 atom stereocenters. The van der Waals surface area contributed by atoms with Gasteiger partial charge in [0.25, 0.3) is 5.91 Å². The average Bonchev–Trinajstić information content (AvgIpc) is 3.28. The second-order valence-corrected chi connectivity index (χ2v) is 6.10. The van der Waals surface area contributed by atoms with Crippen LogP contribution >= 0.6 is 0 Å². The van der Waals surface area contributed by atoms with Crippen LogP contribution in [0.25, 0.3) is 10.9 Å². The van der Waals surface area contributed by atoms with E-state index in [1.54, 1.807) is 25.1 Å². The van der Waals surface area contributed by atoms with Crippen LogP contribution in [-0.4, -0.2) is 34.2 Å². The van der Waals surface area contributed by atoms with Crippen molar-refractivity contribution in [1.82, 2.24) is 9.78 Å². The predicted octanol–water partition coefficient (Wildman–Crippen LogP) is 1.44. The quantitative estimate of drug-likeness (QED) is 0.737. The van der Waals surface area contributed by atoms with E-state index in [-0.39, 0.29) is 24.8 Å². The van der Waals surface area contributed by atoms with Gasteiger partial charge >= 0.3 is 5.97 Å². The summed E-state index contributed by atoms with van der Waals surface area (Å²) in [6, 6.07) is 5.05. The number of ether oxygens (including phenoxy) is 1. The highest BCUT2D eigenvalue weighted by Crippen LogP contribution is 2.32. The lowest BCUT2D eigenvalue weighted by molar-refractivity contribution is -0.143. The van der Waals surface area contributed by atoms with Crippen molar-refractivity contribution >= 4 is 34.4 Å². The molecule has 0 radical (unpaired) electrons. The highest BCUT2D eigenvalue weighted by atomic mass is 16.5. The molecule has 25 heavy (non-hydrogen) atoms. The lowest BCUT2D eigenvalue weighted by Gasteiger charge is -2.06. The molecule has 1 aliphatic carbocycles. The Bertz CT molecular complexity index is 839. The fraction of sp³-hybridized carbons (Fsp3) is 0.412. The average molecular weight is 344 g/mol. The summed E-state index contributed by atoms with van der Waals surface area (Å²) in [6.45, 7) is 1.85. The van der Waals surface area contributed by atoms with E-state index < -0.39 is 11.9 Å². The number of benzene rings is 1. The van der Waals surface area contributed by atoms with Crippen LogP contribution in [0.15, 0.2) is 18.2 Å². The van der Waals surface area contributed by atoms with Gasteiger partial charge in [0.05, 0.1) is 12.1 Å². The topological polar surface area (TPSA) is 116 Å². The van der Waals surface area contributed by atoms with E-state index in [0.29, 0.717) is 28.9 Å². The lowest BCUT2D eigenvalue weighted by atomic mass is 10.1. The maximum atomic E-state index is 12.0. The van der Waals surface area contributed by atoms with E-state index in [1.165, 1.54) is 4.68 Å². The van der Waals surface area contributed by atoms with Crippen LogP contribution in [0.5, 0.6) is 0 Å². The first-order valence-corrected chi connectivity index (χ1v) is 8.23. The Labute approximate surface area is 144 Å². The summed E-state index contributed by atoms with van der Waals surface area (Å²) in [6.07, 6.45) is 2.70. The molecule has 2 aromatic rings. The Morgan fingerprint density at radius 1 is 1.36 bits per heavy atom. The monoisotopic (exact) mass is 344 g/mol. The molecule has 0 saturated heterocycles. The molecule has 8 heteroatoms. The van der Waals surface area contributed by atoms with Gasteiger partial charge in [-0.3, -0.25) is 19.1 Å². The molecule has 0 bridgehead atoms. The van der Waals surface area contributed by atoms with Crippen molar-refractivity contribution in [3.05, 3.63) is 23.9 Å². The third kappa shape index (κ3) is 3.96. The van der Waals surface area contributed by atoms with Gasteiger partial charge in [-0.1, -0.05) is 0 Å². The van der Waals surface area contributed by atoms with Gasteiger partial charge in [-0.25, -0.2) is 0 Å². The highest BCUT2D eigenvalue weighted by Gasteiger charge is 2.24. The Balaban J connectivity index is 1.88. The van der Waals surface area contributed by atoms with Gasteiger partial charge in [-0.2, -0.15) is 5.10 Å². The summed E-state index contributed by atoms with van der Waals surface area (Å²) >= 11 is 0. The molecule has 1 saturated carbocycles. The van der Waals surface area contributed by atoms with Crippen molar-refractivity contribution in [2.45, 2.75) is 32.7 Å². The number of carbonyl (C=O) groups excluding carboxylic acids is 3. The number of hydrogen-bond donors (Lipinski definition) is 2. The number of fused-ring (bicyclic) bond motifs is 1. The van der Waals surface area contributed by atoms with Gasteiger partial charge in [-0.05, 0) is 43.9 Å². The van der Waals surface area contributed by atoms with Crippen molar-refractivity contribution in [1.29, 1.82) is 0 Å². The zero-order chi connectivity index (χ0) is 18.0. The van der Waals surface area contributed by atoms with Crippen LogP contribution in [0.4, 0.5) is 5.69 Å². The molecular weight excluding hydrogens is 324 g/mol. The van der Waals surface area contributed by atoms with Crippen molar-refractivity contribution in [3.63, 3.8) is 0 Å². The largest absolute Gasteiger partial charge is 0.465 e. The molecule has 3 rings (SSSR count). The summed E-state index contributed by atoms with van der Waals surface area (Å²) in [5.41, 5.74) is 6.58. The van der Waals surface area contributed by atoms with E-state index in [0.717, 1.165) is 12.8 Å². The minimum atomic E-state index is -0.700. The number of esters is 1. The normalized spacial score (nSPS) is 13.6. The van der Waals surface area contributed by atoms with Crippen LogP contribution in [0.3, 0.4) is 0 Å². The van der Waals surface area contributed by atoms with Crippen LogP contribution in [0.1, 0.15) is 36.7 Å². The van der Waals surface area contributed by atoms with E-state index in [4.69, 9.17) is 10.5 Å². The molecule has 1 fully saturated rings. The number of primary amides is 1. The van der Waals surface area contributed by atoms with Crippen LogP contribution in [-0.2, 0) is 20.9 Å². The molecule has 1 aromatic carbocycles. The smallest absolute Gasteiger partial charge is 0.327 e. The van der Waals surface area contributed by atoms with Crippen molar-refractivity contribution in [2.24, 2.45) is 11.7 Å². The van der Waals surface area contributed by atoms with Crippen LogP contribution in [0.2, 0.25) is 0 Å². The van der Waals surface area contributed by atoms with Gasteiger partial charge in [0, 0.05) is 17.5 Å². The second kappa shape index (κ2) is 6.92. The van der Waals surface area contributed by atoms with Gasteiger partial charge in [0.2, 0.25) is 5.91 Å². The lowest BCUT2D eigenvalue weighted by Crippen LogP contribution is -2.16. The Morgan fingerprint density at radius 3 is 2.76 bits per heavy atom. The Morgan fingerprint density at radius 2 is 2.12 bits per heavy atom. The minimum absolute atomic E-state index is 0.0533. The maximum Gasteiger partial charge on any atom is 0.327 e. The molecule has 0 aliphatic heterocycles. The van der Waals surface area contributed by atoms with E-state index >= 15 is 0 Å². The molecule has 2 amide bonds. The van der Waals surface area contributed by atoms with Crippen LogP contribution in [0, 0.1) is 5.92 Å². The SMILES string of the molecule is CCOC(=O)Cn1nc(C(N)=O)c2cc(NC(=O)CC3CC3)ccc21. The molecular formula is C17H20N4O4. The number of anilines is 1. The fourth-order valence-corrected chi connectivity index (χ4v) is 2.68. The number of carbonyl (C=O) groups is 3. The zero-order valence-electron chi connectivity index (χ0n) is 13.9. The standard InChI is InChI=1S/C17H20N4O4/c1-2-25-15(23)9-21-13-6-5-11(19-14(22)7-10-3-4-10)8-12(13)16(20-21)17(18)24/h5-6,8,10H,2-4,7,9H2,1H3,(H2,18,24)(H,19,22). The first kappa shape index (κ1) is 16.9. The molecule has 132 valence electrons.